The smallest absolute Gasteiger partial charge is 0.164 e. The molecule has 0 bridgehead atoms. The number of aliphatic hydroxyl groups is 1. The molecule has 0 aromatic heterocycles. The van der Waals surface area contributed by atoms with Crippen molar-refractivity contribution < 1.29 is 24.1 Å². The molecule has 3 heterocycles. The number of nitrogens with one attached hydrogen (secondary N) is 1. The Balaban J connectivity index is 1.80. The fourth-order valence-corrected chi connectivity index (χ4v) is 3.18. The highest BCUT2D eigenvalue weighted by atomic mass is 16.8. The maximum atomic E-state index is 10.4. The molecule has 0 radical (unpaired) electrons. The summed E-state index contributed by atoms with van der Waals surface area (Å²) >= 11 is 0. The first-order chi connectivity index (χ1) is 8.60. The van der Waals surface area contributed by atoms with Crippen molar-refractivity contribution in [3.63, 3.8) is 0 Å². The standard InChI is InChI=1S/C13H23NO5/c1-11(2)16-6-7(17-11)8-9-10(13(5,15)14-8)19-12(3,4)18-9/h7-10,14-15H,6H2,1-5H3/t7-,8+,9+,10+,13-/m1/s1. The van der Waals surface area contributed by atoms with E-state index >= 15 is 0 Å². The molecule has 110 valence electrons. The van der Waals surface area contributed by atoms with Crippen molar-refractivity contribution in [1.82, 2.24) is 5.32 Å². The van der Waals surface area contributed by atoms with Crippen LogP contribution >= 0.6 is 0 Å². The van der Waals surface area contributed by atoms with Crippen LogP contribution in [0.5, 0.6) is 0 Å². The van der Waals surface area contributed by atoms with E-state index in [1.165, 1.54) is 0 Å². The summed E-state index contributed by atoms with van der Waals surface area (Å²) in [5, 5.41) is 13.6. The van der Waals surface area contributed by atoms with Gasteiger partial charge in [0.1, 0.15) is 24.0 Å². The van der Waals surface area contributed by atoms with E-state index in [1.54, 1.807) is 6.92 Å². The quantitative estimate of drug-likeness (QED) is 0.718. The van der Waals surface area contributed by atoms with Crippen LogP contribution in [0, 0.1) is 0 Å². The molecule has 0 spiro atoms. The zero-order valence-electron chi connectivity index (χ0n) is 12.1. The van der Waals surface area contributed by atoms with Crippen LogP contribution in [-0.2, 0) is 18.9 Å². The number of rotatable bonds is 1. The molecule has 0 amide bonds. The number of ether oxygens (including phenoxy) is 4. The molecule has 3 fully saturated rings. The van der Waals surface area contributed by atoms with Crippen LogP contribution in [0.3, 0.4) is 0 Å². The highest BCUT2D eigenvalue weighted by Crippen LogP contribution is 2.42. The lowest BCUT2D eigenvalue weighted by atomic mass is 10.0. The molecule has 6 heteroatoms. The molecule has 0 aliphatic carbocycles. The van der Waals surface area contributed by atoms with Crippen LogP contribution in [0.2, 0.25) is 0 Å². The van der Waals surface area contributed by atoms with Crippen molar-refractivity contribution in [1.29, 1.82) is 0 Å². The Morgan fingerprint density at radius 2 is 1.68 bits per heavy atom. The fraction of sp³-hybridized carbons (Fsp3) is 1.00. The third-order valence-corrected chi connectivity index (χ3v) is 3.93. The van der Waals surface area contributed by atoms with Gasteiger partial charge in [0.05, 0.1) is 12.6 Å². The van der Waals surface area contributed by atoms with Crippen LogP contribution in [0.15, 0.2) is 0 Å². The lowest BCUT2D eigenvalue weighted by molar-refractivity contribution is -0.189. The Morgan fingerprint density at radius 1 is 1.00 bits per heavy atom. The molecule has 2 N–H and O–H groups in total. The molecule has 6 nitrogen and oxygen atoms in total. The van der Waals surface area contributed by atoms with Gasteiger partial charge in [-0.15, -0.1) is 0 Å². The van der Waals surface area contributed by atoms with Crippen molar-refractivity contribution in [3.8, 4) is 0 Å². The molecule has 3 aliphatic heterocycles. The van der Waals surface area contributed by atoms with Crippen molar-refractivity contribution in [3.05, 3.63) is 0 Å². The van der Waals surface area contributed by atoms with Gasteiger partial charge in [-0.25, -0.2) is 0 Å². The lowest BCUT2D eigenvalue weighted by Gasteiger charge is -2.29. The molecule has 3 rings (SSSR count). The fourth-order valence-electron chi connectivity index (χ4n) is 3.18. The molecule has 0 aromatic carbocycles. The van der Waals surface area contributed by atoms with Crippen LogP contribution in [-0.4, -0.2) is 53.4 Å². The van der Waals surface area contributed by atoms with Crippen molar-refractivity contribution in [2.24, 2.45) is 0 Å². The van der Waals surface area contributed by atoms with E-state index in [0.29, 0.717) is 6.61 Å². The molecule has 3 aliphatic rings. The van der Waals surface area contributed by atoms with E-state index < -0.39 is 23.4 Å². The Morgan fingerprint density at radius 3 is 2.26 bits per heavy atom. The van der Waals surface area contributed by atoms with Gasteiger partial charge in [0.15, 0.2) is 11.6 Å². The predicted molar refractivity (Wildman–Crippen MR) is 66.3 cm³/mol. The van der Waals surface area contributed by atoms with Gasteiger partial charge in [-0.05, 0) is 34.6 Å². The summed E-state index contributed by atoms with van der Waals surface area (Å²) in [6.45, 7) is 9.66. The predicted octanol–water partition coefficient (Wildman–Crippen LogP) is 0.338. The van der Waals surface area contributed by atoms with Crippen LogP contribution in [0.25, 0.3) is 0 Å². The maximum Gasteiger partial charge on any atom is 0.164 e. The van der Waals surface area contributed by atoms with Gasteiger partial charge in [0.25, 0.3) is 0 Å². The molecular formula is C13H23NO5. The van der Waals surface area contributed by atoms with E-state index in [2.05, 4.69) is 5.32 Å². The van der Waals surface area contributed by atoms with E-state index in [-0.39, 0.29) is 18.2 Å². The zero-order valence-corrected chi connectivity index (χ0v) is 12.1. The normalized spacial score (nSPS) is 51.5. The van der Waals surface area contributed by atoms with Crippen LogP contribution < -0.4 is 5.32 Å². The monoisotopic (exact) mass is 273 g/mol. The molecule has 5 atom stereocenters. The summed E-state index contributed by atoms with van der Waals surface area (Å²) in [7, 11) is 0. The molecule has 0 unspecified atom stereocenters. The minimum atomic E-state index is -1.13. The first-order valence-corrected chi connectivity index (χ1v) is 6.77. The minimum Gasteiger partial charge on any atom is -0.373 e. The third kappa shape index (κ3) is 2.30. The van der Waals surface area contributed by atoms with Crippen LogP contribution in [0.1, 0.15) is 34.6 Å². The molecule has 0 saturated carbocycles. The summed E-state index contributed by atoms with van der Waals surface area (Å²) in [5.74, 6) is -1.28. The highest BCUT2D eigenvalue weighted by molar-refractivity contribution is 5.09. The number of hydrogen-bond acceptors (Lipinski definition) is 6. The highest BCUT2D eigenvalue weighted by Gasteiger charge is 2.61. The van der Waals surface area contributed by atoms with Gasteiger partial charge in [-0.3, -0.25) is 5.32 Å². The molecular weight excluding hydrogens is 250 g/mol. The molecule has 3 saturated heterocycles. The van der Waals surface area contributed by atoms with Crippen LogP contribution in [0.4, 0.5) is 0 Å². The minimum absolute atomic E-state index is 0.149. The first-order valence-electron chi connectivity index (χ1n) is 6.77. The van der Waals surface area contributed by atoms with Crippen molar-refractivity contribution >= 4 is 0 Å². The maximum absolute atomic E-state index is 10.4. The summed E-state index contributed by atoms with van der Waals surface area (Å²) in [4.78, 5) is 0. The Hall–Kier alpha value is -0.240. The number of hydrogen-bond donors (Lipinski definition) is 2. The Bertz CT molecular complexity index is 381. The van der Waals surface area contributed by atoms with E-state index in [1.807, 2.05) is 27.7 Å². The van der Waals surface area contributed by atoms with Gasteiger partial charge in [-0.2, -0.15) is 0 Å². The topological polar surface area (TPSA) is 69.2 Å². The van der Waals surface area contributed by atoms with Gasteiger partial charge >= 0.3 is 0 Å². The van der Waals surface area contributed by atoms with Gasteiger partial charge in [0.2, 0.25) is 0 Å². The average molecular weight is 273 g/mol. The SMILES string of the molecule is CC1(C)OC[C@H]([C@@H]2N[C@](C)(O)[C@H]3OC(C)(C)O[C@@H]23)O1. The second-order valence-corrected chi connectivity index (χ2v) is 6.71. The number of fused-ring (bicyclic) bond motifs is 1. The first kappa shape index (κ1) is 13.7. The van der Waals surface area contributed by atoms with Gasteiger partial charge in [0, 0.05) is 0 Å². The van der Waals surface area contributed by atoms with E-state index in [0.717, 1.165) is 0 Å². The van der Waals surface area contributed by atoms with Gasteiger partial charge in [-0.1, -0.05) is 0 Å². The van der Waals surface area contributed by atoms with E-state index in [4.69, 9.17) is 18.9 Å². The second-order valence-electron chi connectivity index (χ2n) is 6.71. The second kappa shape index (κ2) is 3.90. The summed E-state index contributed by atoms with van der Waals surface area (Å²) in [6.07, 6.45) is -0.804. The molecule has 0 aromatic rings. The van der Waals surface area contributed by atoms with Crippen molar-refractivity contribution in [2.45, 2.75) is 76.3 Å². The summed E-state index contributed by atoms with van der Waals surface area (Å²) in [5.41, 5.74) is -1.13. The summed E-state index contributed by atoms with van der Waals surface area (Å²) in [6, 6.07) is -0.149. The zero-order chi connectivity index (χ0) is 14.1. The third-order valence-electron chi connectivity index (χ3n) is 3.93. The Kier molecular flexibility index (Phi) is 2.82. The lowest BCUT2D eigenvalue weighted by Crippen LogP contribution is -2.51. The van der Waals surface area contributed by atoms with E-state index in [9.17, 15) is 5.11 Å². The largest absolute Gasteiger partial charge is 0.373 e. The summed E-state index contributed by atoms with van der Waals surface area (Å²) < 4.78 is 23.2. The van der Waals surface area contributed by atoms with Crippen molar-refractivity contribution in [2.75, 3.05) is 6.61 Å². The molecule has 19 heavy (non-hydrogen) atoms. The average Bonchev–Trinajstić information content (AvgIpc) is 2.81. The Labute approximate surface area is 113 Å². The van der Waals surface area contributed by atoms with Gasteiger partial charge < -0.3 is 24.1 Å².